The van der Waals surface area contributed by atoms with Crippen LogP contribution in [0.5, 0.6) is 0 Å². The van der Waals surface area contributed by atoms with Gasteiger partial charge in [0.1, 0.15) is 17.0 Å². The Hall–Kier alpha value is -7.70. The van der Waals surface area contributed by atoms with Gasteiger partial charge in [-0.1, -0.05) is 140 Å². The number of fused-ring (bicyclic) bond motifs is 6. The number of pyridine rings is 1. The highest BCUT2D eigenvalue weighted by atomic mass is 16.3. The smallest absolute Gasteiger partial charge is 0.167 e. The molecule has 0 aliphatic carbocycles. The second-order valence-electron chi connectivity index (χ2n) is 13.9. The summed E-state index contributed by atoms with van der Waals surface area (Å²) in [5, 5.41) is 4.48. The van der Waals surface area contributed by atoms with Crippen LogP contribution in [0.4, 0.5) is 0 Å². The molecule has 0 bridgehead atoms. The number of aromatic nitrogens is 5. The first kappa shape index (κ1) is 31.8. The van der Waals surface area contributed by atoms with Crippen molar-refractivity contribution in [3.05, 3.63) is 188 Å². The Bertz CT molecular complexity index is 3240. The predicted octanol–water partition coefficient (Wildman–Crippen LogP) is 12.6. The van der Waals surface area contributed by atoms with E-state index in [1.165, 1.54) is 0 Å². The maximum absolute atomic E-state index is 6.26. The summed E-state index contributed by atoms with van der Waals surface area (Å²) >= 11 is 0. The number of hydrogen-bond acceptors (Lipinski definition) is 5. The molecule has 0 radical (unpaired) electrons. The van der Waals surface area contributed by atoms with E-state index >= 15 is 0 Å². The number of hydrogen-bond donors (Lipinski definition) is 0. The SMILES string of the molecule is c1ccc(-c2ccc(-c3nc(-c4ccccc4)nc(-c4cccnc4-n4c5ccccc5c5cc(-c6cccc7oc8ccccc8c67)ccc54)n3)cc2)cc1. The van der Waals surface area contributed by atoms with E-state index in [1.54, 1.807) is 0 Å². The number of para-hydroxylation sites is 2. The lowest BCUT2D eigenvalue weighted by atomic mass is 9.98. The van der Waals surface area contributed by atoms with Crippen LogP contribution >= 0.6 is 0 Å². The topological polar surface area (TPSA) is 69.6 Å². The first-order chi connectivity index (χ1) is 27.8. The molecule has 4 heterocycles. The zero-order valence-electron chi connectivity index (χ0n) is 30.0. The summed E-state index contributed by atoms with van der Waals surface area (Å²) in [5.74, 6) is 2.48. The van der Waals surface area contributed by atoms with Crippen LogP contribution in [-0.2, 0) is 0 Å². The van der Waals surface area contributed by atoms with E-state index in [9.17, 15) is 0 Å². The minimum absolute atomic E-state index is 0.546. The van der Waals surface area contributed by atoms with Crippen LogP contribution in [0.25, 0.3) is 106 Å². The third-order valence-electron chi connectivity index (χ3n) is 10.5. The number of furan rings is 1. The molecule has 6 nitrogen and oxygen atoms in total. The van der Waals surface area contributed by atoms with Gasteiger partial charge in [0, 0.05) is 38.9 Å². The Kier molecular flexibility index (Phi) is 7.38. The van der Waals surface area contributed by atoms with Crippen molar-refractivity contribution in [2.75, 3.05) is 0 Å². The maximum Gasteiger partial charge on any atom is 0.167 e. The third-order valence-corrected chi connectivity index (χ3v) is 10.5. The van der Waals surface area contributed by atoms with E-state index < -0.39 is 0 Å². The van der Waals surface area contributed by atoms with E-state index in [1.807, 2.05) is 66.9 Å². The Morgan fingerprint density at radius 2 is 0.946 bits per heavy atom. The van der Waals surface area contributed by atoms with Crippen LogP contribution < -0.4 is 0 Å². The summed E-state index contributed by atoms with van der Waals surface area (Å²) in [7, 11) is 0. The fourth-order valence-electron chi connectivity index (χ4n) is 7.92. The predicted molar refractivity (Wildman–Crippen MR) is 226 cm³/mol. The first-order valence-corrected chi connectivity index (χ1v) is 18.6. The Morgan fingerprint density at radius 3 is 1.75 bits per heavy atom. The molecule has 0 aliphatic heterocycles. The highest BCUT2D eigenvalue weighted by Crippen LogP contribution is 2.41. The van der Waals surface area contributed by atoms with Crippen molar-refractivity contribution in [3.63, 3.8) is 0 Å². The monoisotopic (exact) mass is 717 g/mol. The summed E-state index contributed by atoms with van der Waals surface area (Å²) in [4.78, 5) is 20.3. The Balaban J connectivity index is 1.09. The molecular formula is C50H31N5O. The van der Waals surface area contributed by atoms with Gasteiger partial charge in [0.2, 0.25) is 0 Å². The fraction of sp³-hybridized carbons (Fsp3) is 0. The molecule has 11 aromatic rings. The van der Waals surface area contributed by atoms with Crippen molar-refractivity contribution >= 4 is 43.7 Å². The average Bonchev–Trinajstić information content (AvgIpc) is 3.82. The number of benzene rings is 7. The van der Waals surface area contributed by atoms with E-state index in [0.29, 0.717) is 17.5 Å². The van der Waals surface area contributed by atoms with Crippen LogP contribution in [0.2, 0.25) is 0 Å². The third kappa shape index (κ3) is 5.27. The van der Waals surface area contributed by atoms with E-state index in [4.69, 9.17) is 24.4 Å². The molecule has 6 heteroatoms. The normalized spacial score (nSPS) is 11.6. The molecule has 56 heavy (non-hydrogen) atoms. The molecule has 0 saturated heterocycles. The maximum atomic E-state index is 6.26. The van der Waals surface area contributed by atoms with Crippen molar-refractivity contribution in [3.8, 4) is 62.2 Å². The number of rotatable bonds is 6. The van der Waals surface area contributed by atoms with E-state index in [0.717, 1.165) is 88.5 Å². The molecule has 0 fully saturated rings. The molecule has 0 atom stereocenters. The highest BCUT2D eigenvalue weighted by Gasteiger charge is 2.21. The molecule has 0 spiro atoms. The largest absolute Gasteiger partial charge is 0.456 e. The molecule has 0 aliphatic rings. The van der Waals surface area contributed by atoms with Crippen LogP contribution in [0.3, 0.4) is 0 Å². The van der Waals surface area contributed by atoms with E-state index in [2.05, 4.69) is 126 Å². The second kappa shape index (κ2) is 13.0. The molecule has 262 valence electrons. The van der Waals surface area contributed by atoms with Crippen molar-refractivity contribution in [2.45, 2.75) is 0 Å². The molecule has 7 aromatic carbocycles. The van der Waals surface area contributed by atoms with Crippen LogP contribution in [0, 0.1) is 0 Å². The van der Waals surface area contributed by atoms with Gasteiger partial charge in [-0.3, -0.25) is 4.57 Å². The first-order valence-electron chi connectivity index (χ1n) is 18.6. The summed E-state index contributed by atoms with van der Waals surface area (Å²) in [6, 6.07) is 62.6. The summed E-state index contributed by atoms with van der Waals surface area (Å²) in [5.41, 5.74) is 11.0. The molecule has 4 aromatic heterocycles. The average molecular weight is 718 g/mol. The molecule has 0 saturated carbocycles. The van der Waals surface area contributed by atoms with Crippen LogP contribution in [0.1, 0.15) is 0 Å². The lowest BCUT2D eigenvalue weighted by molar-refractivity contribution is 0.669. The Labute approximate surface area is 322 Å². The van der Waals surface area contributed by atoms with Crippen LogP contribution in [-0.4, -0.2) is 24.5 Å². The van der Waals surface area contributed by atoms with Gasteiger partial charge in [-0.2, -0.15) is 0 Å². The van der Waals surface area contributed by atoms with Gasteiger partial charge in [0.15, 0.2) is 17.5 Å². The second-order valence-corrected chi connectivity index (χ2v) is 13.9. The zero-order chi connectivity index (χ0) is 37.0. The number of nitrogens with zero attached hydrogens (tertiary/aromatic N) is 5. The quantitative estimate of drug-likeness (QED) is 0.171. The molecule has 0 amide bonds. The minimum Gasteiger partial charge on any atom is -0.456 e. The van der Waals surface area contributed by atoms with Crippen LogP contribution in [0.15, 0.2) is 193 Å². The fourth-order valence-corrected chi connectivity index (χ4v) is 7.92. The zero-order valence-corrected chi connectivity index (χ0v) is 30.0. The van der Waals surface area contributed by atoms with Gasteiger partial charge in [-0.25, -0.2) is 19.9 Å². The molecule has 0 N–H and O–H groups in total. The van der Waals surface area contributed by atoms with Gasteiger partial charge in [0.25, 0.3) is 0 Å². The molecule has 0 unspecified atom stereocenters. The van der Waals surface area contributed by atoms with Gasteiger partial charge in [0.05, 0.1) is 16.6 Å². The van der Waals surface area contributed by atoms with Gasteiger partial charge < -0.3 is 4.42 Å². The van der Waals surface area contributed by atoms with Crippen molar-refractivity contribution in [2.24, 2.45) is 0 Å². The van der Waals surface area contributed by atoms with Crippen molar-refractivity contribution in [1.29, 1.82) is 0 Å². The summed E-state index contributed by atoms with van der Waals surface area (Å²) < 4.78 is 8.49. The van der Waals surface area contributed by atoms with Gasteiger partial charge in [-0.15, -0.1) is 0 Å². The van der Waals surface area contributed by atoms with E-state index in [-0.39, 0.29) is 0 Å². The molecular weight excluding hydrogens is 687 g/mol. The van der Waals surface area contributed by atoms with Crippen molar-refractivity contribution < 1.29 is 4.42 Å². The van der Waals surface area contributed by atoms with Crippen molar-refractivity contribution in [1.82, 2.24) is 24.5 Å². The molecule has 11 rings (SSSR count). The van der Waals surface area contributed by atoms with Gasteiger partial charge in [-0.05, 0) is 64.7 Å². The lowest BCUT2D eigenvalue weighted by Crippen LogP contribution is -2.05. The standard InChI is InChI=1S/C50H31N5O/c1-3-13-32(14-4-1)33-24-26-35(27-25-33)48-52-47(34-15-5-2-6-16-34)53-49(54-48)40-20-12-30-51-50(40)55-42-21-9-7-17-38(42)41-31-36(28-29-43(41)55)37-19-11-23-45-46(37)39-18-8-10-22-44(39)56-45/h1-31H. The summed E-state index contributed by atoms with van der Waals surface area (Å²) in [6.07, 6.45) is 1.83. The van der Waals surface area contributed by atoms with Gasteiger partial charge >= 0.3 is 0 Å². The lowest BCUT2D eigenvalue weighted by Gasteiger charge is -2.14. The summed E-state index contributed by atoms with van der Waals surface area (Å²) in [6.45, 7) is 0. The Morgan fingerprint density at radius 1 is 0.375 bits per heavy atom. The minimum atomic E-state index is 0.546. The highest BCUT2D eigenvalue weighted by molar-refractivity contribution is 6.15.